The first-order valence-electron chi connectivity index (χ1n) is 9.35. The fourth-order valence-corrected chi connectivity index (χ4v) is 4.58. The normalized spacial score (nSPS) is 27.5. The minimum absolute atomic E-state index is 0.00706. The Morgan fingerprint density at radius 3 is 2.52 bits per heavy atom. The molecule has 0 amide bonds. The summed E-state index contributed by atoms with van der Waals surface area (Å²) in [6.07, 6.45) is 0. The third-order valence-corrected chi connectivity index (χ3v) is 5.88. The second-order valence-corrected chi connectivity index (χ2v) is 7.41. The van der Waals surface area contributed by atoms with Crippen LogP contribution in [0.25, 0.3) is 0 Å². The molecule has 1 aromatic carbocycles. The van der Waals surface area contributed by atoms with Crippen molar-refractivity contribution in [3.05, 3.63) is 51.2 Å². The van der Waals surface area contributed by atoms with Gasteiger partial charge in [-0.2, -0.15) is 0 Å². The van der Waals surface area contributed by atoms with Crippen molar-refractivity contribution in [3.63, 3.8) is 0 Å². The lowest BCUT2D eigenvalue weighted by molar-refractivity contribution is -0.384. The van der Waals surface area contributed by atoms with Crippen LogP contribution in [-0.2, 0) is 28.6 Å². The predicted octanol–water partition coefficient (Wildman–Crippen LogP) is 1.43. The van der Waals surface area contributed by atoms with E-state index in [4.69, 9.17) is 14.2 Å². The number of hydrogen-bond acceptors (Lipinski definition) is 9. The number of rotatable bonds is 5. The van der Waals surface area contributed by atoms with E-state index in [0.29, 0.717) is 5.56 Å². The van der Waals surface area contributed by atoms with E-state index in [0.717, 1.165) is 14.2 Å². The number of aliphatic carboxylic acids is 1. The highest BCUT2D eigenvalue weighted by Crippen LogP contribution is 2.52. The van der Waals surface area contributed by atoms with Gasteiger partial charge in [-0.15, -0.1) is 0 Å². The Balaban J connectivity index is 2.35. The van der Waals surface area contributed by atoms with E-state index in [1.165, 1.54) is 30.0 Å². The molecule has 2 aliphatic heterocycles. The molecule has 0 radical (unpaired) electrons. The van der Waals surface area contributed by atoms with Gasteiger partial charge in [0.15, 0.2) is 11.8 Å². The van der Waals surface area contributed by atoms with Gasteiger partial charge < -0.3 is 24.2 Å². The van der Waals surface area contributed by atoms with Crippen LogP contribution in [0.1, 0.15) is 25.3 Å². The van der Waals surface area contributed by atoms with E-state index in [1.54, 1.807) is 13.0 Å². The molecule has 3 rings (SSSR count). The molecule has 31 heavy (non-hydrogen) atoms. The average Bonchev–Trinajstić information content (AvgIpc) is 3.11. The maximum absolute atomic E-state index is 13.0. The Kier molecular flexibility index (Phi) is 5.72. The molecular weight excluding hydrogens is 412 g/mol. The number of carbonyl (C=O) groups excluding carboxylic acids is 2. The Morgan fingerprint density at radius 2 is 1.97 bits per heavy atom. The first-order valence-corrected chi connectivity index (χ1v) is 9.35. The van der Waals surface area contributed by atoms with Gasteiger partial charge in [-0.05, 0) is 19.4 Å². The first kappa shape index (κ1) is 22.2. The van der Waals surface area contributed by atoms with E-state index >= 15 is 0 Å². The molecule has 0 saturated carbocycles. The van der Waals surface area contributed by atoms with Gasteiger partial charge in [0.2, 0.25) is 0 Å². The molecule has 1 aromatic rings. The zero-order valence-electron chi connectivity index (χ0n) is 17.4. The van der Waals surface area contributed by atoms with Crippen molar-refractivity contribution in [3.8, 4) is 0 Å². The van der Waals surface area contributed by atoms with Crippen LogP contribution in [0.3, 0.4) is 0 Å². The summed E-state index contributed by atoms with van der Waals surface area (Å²) in [5, 5.41) is 21.0. The van der Waals surface area contributed by atoms with E-state index in [-0.39, 0.29) is 23.6 Å². The number of hydrogen-bond donors (Lipinski definition) is 1. The molecular formula is C20H22N2O9. The van der Waals surface area contributed by atoms with Crippen LogP contribution < -0.4 is 0 Å². The second kappa shape index (κ2) is 7.99. The van der Waals surface area contributed by atoms with Crippen LogP contribution in [0.15, 0.2) is 35.5 Å². The van der Waals surface area contributed by atoms with Gasteiger partial charge >= 0.3 is 17.9 Å². The van der Waals surface area contributed by atoms with Crippen LogP contribution in [0.2, 0.25) is 0 Å². The van der Waals surface area contributed by atoms with Crippen molar-refractivity contribution in [1.29, 1.82) is 0 Å². The largest absolute Gasteiger partial charge is 0.480 e. The Bertz CT molecular complexity index is 989. The molecule has 11 nitrogen and oxygen atoms in total. The Morgan fingerprint density at radius 1 is 1.29 bits per heavy atom. The minimum Gasteiger partial charge on any atom is -0.480 e. The van der Waals surface area contributed by atoms with E-state index in [1.807, 2.05) is 0 Å². The SMILES string of the molecule is COC(=O)C1=C(C)N2[C@@H](C(=O)O)CO[C@@]2(C)[C@@H](C(=O)OC)[C@H]1c1cccc([N+](=O)[O-])c1. The monoisotopic (exact) mass is 434 g/mol. The van der Waals surface area contributed by atoms with Gasteiger partial charge in [-0.3, -0.25) is 14.9 Å². The number of esters is 2. The van der Waals surface area contributed by atoms with Crippen molar-refractivity contribution < 1.29 is 38.6 Å². The van der Waals surface area contributed by atoms with Gasteiger partial charge in [0, 0.05) is 23.7 Å². The summed E-state index contributed by atoms with van der Waals surface area (Å²) < 4.78 is 15.8. The zero-order valence-corrected chi connectivity index (χ0v) is 17.4. The van der Waals surface area contributed by atoms with Crippen molar-refractivity contribution in [1.82, 2.24) is 4.90 Å². The molecule has 4 atom stereocenters. The molecule has 2 heterocycles. The Labute approximate surface area is 177 Å². The number of carboxylic acids is 1. The molecule has 11 heteroatoms. The smallest absolute Gasteiger partial charge is 0.336 e. The first-order chi connectivity index (χ1) is 14.6. The molecule has 0 unspecified atom stereocenters. The molecule has 0 bridgehead atoms. The van der Waals surface area contributed by atoms with Crippen LogP contribution in [0.5, 0.6) is 0 Å². The lowest BCUT2D eigenvalue weighted by atomic mass is 9.71. The summed E-state index contributed by atoms with van der Waals surface area (Å²) in [7, 11) is 2.32. The summed E-state index contributed by atoms with van der Waals surface area (Å²) in [4.78, 5) is 49.8. The number of benzene rings is 1. The molecule has 166 valence electrons. The highest BCUT2D eigenvalue weighted by atomic mass is 16.6. The van der Waals surface area contributed by atoms with Gasteiger partial charge in [-0.25, -0.2) is 9.59 Å². The maximum atomic E-state index is 13.0. The molecule has 1 fully saturated rings. The number of carboxylic acid groups (broad SMARTS) is 1. The van der Waals surface area contributed by atoms with E-state index in [9.17, 15) is 29.6 Å². The number of ether oxygens (including phenoxy) is 3. The summed E-state index contributed by atoms with van der Waals surface area (Å²) >= 11 is 0. The van der Waals surface area contributed by atoms with Gasteiger partial charge in [-0.1, -0.05) is 12.1 Å². The fourth-order valence-electron chi connectivity index (χ4n) is 4.58. The van der Waals surface area contributed by atoms with Gasteiger partial charge in [0.25, 0.3) is 5.69 Å². The second-order valence-electron chi connectivity index (χ2n) is 7.41. The van der Waals surface area contributed by atoms with Crippen molar-refractivity contribution >= 4 is 23.6 Å². The van der Waals surface area contributed by atoms with Gasteiger partial charge in [0.1, 0.15) is 5.92 Å². The fraction of sp³-hybridized carbons (Fsp3) is 0.450. The highest BCUT2D eigenvalue weighted by molar-refractivity contribution is 5.94. The standard InChI is InChI=1S/C20H22N2O9/c1-10-14(18(25)29-3)15(11-6-5-7-12(8-11)22(27)28)16(19(26)30-4)20(2)21(10)13(9-31-20)17(23)24/h5-8,13,15-16H,9H2,1-4H3,(H,23,24)/t13-,15+,16-,20+/m1/s1. The van der Waals surface area contributed by atoms with Crippen molar-refractivity contribution in [2.45, 2.75) is 31.5 Å². The van der Waals surface area contributed by atoms with Crippen LogP contribution >= 0.6 is 0 Å². The van der Waals surface area contributed by atoms with E-state index in [2.05, 4.69) is 0 Å². The quantitative estimate of drug-likeness (QED) is 0.410. The highest BCUT2D eigenvalue weighted by Gasteiger charge is 2.62. The summed E-state index contributed by atoms with van der Waals surface area (Å²) in [5.41, 5.74) is -1.16. The summed E-state index contributed by atoms with van der Waals surface area (Å²) in [6.45, 7) is 2.85. The topological polar surface area (TPSA) is 146 Å². The molecule has 2 aliphatic rings. The third-order valence-electron chi connectivity index (χ3n) is 5.88. The molecule has 0 aromatic heterocycles. The van der Waals surface area contributed by atoms with Crippen LogP contribution in [0.4, 0.5) is 5.69 Å². The number of non-ortho nitro benzene ring substituents is 1. The van der Waals surface area contributed by atoms with Crippen molar-refractivity contribution in [2.75, 3.05) is 20.8 Å². The number of allylic oxidation sites excluding steroid dienone is 1. The summed E-state index contributed by atoms with van der Waals surface area (Å²) in [5.74, 6) is -4.98. The lowest BCUT2D eigenvalue weighted by Crippen LogP contribution is -2.59. The number of carbonyl (C=O) groups is 3. The predicted molar refractivity (Wildman–Crippen MR) is 104 cm³/mol. The zero-order chi connectivity index (χ0) is 23.1. The van der Waals surface area contributed by atoms with Gasteiger partial charge in [0.05, 0.1) is 31.3 Å². The minimum atomic E-state index is -1.48. The number of nitro benzene ring substituents is 1. The molecule has 1 N–H and O–H groups in total. The maximum Gasteiger partial charge on any atom is 0.336 e. The number of fused-ring (bicyclic) bond motifs is 1. The number of methoxy groups -OCH3 is 2. The number of nitrogens with zero attached hydrogens (tertiary/aromatic N) is 2. The van der Waals surface area contributed by atoms with E-state index < -0.39 is 46.4 Å². The molecule has 1 saturated heterocycles. The molecule has 0 aliphatic carbocycles. The van der Waals surface area contributed by atoms with Crippen LogP contribution in [-0.4, -0.2) is 65.4 Å². The number of nitro groups is 1. The average molecular weight is 434 g/mol. The van der Waals surface area contributed by atoms with Crippen LogP contribution in [0, 0.1) is 16.0 Å². The Hall–Kier alpha value is -3.47. The lowest BCUT2D eigenvalue weighted by Gasteiger charge is -2.49. The molecule has 0 spiro atoms. The third kappa shape index (κ3) is 3.40. The summed E-state index contributed by atoms with van der Waals surface area (Å²) in [6, 6.07) is 4.39. The van der Waals surface area contributed by atoms with Crippen molar-refractivity contribution in [2.24, 2.45) is 5.92 Å².